The smallest absolute Gasteiger partial charge is 0.107 e. The summed E-state index contributed by atoms with van der Waals surface area (Å²) in [5, 5.41) is 8.90. The third-order valence-electron chi connectivity index (χ3n) is 2.55. The van der Waals surface area contributed by atoms with Crippen LogP contribution in [-0.4, -0.2) is 29.8 Å². The van der Waals surface area contributed by atoms with Crippen LogP contribution in [0.3, 0.4) is 0 Å². The number of anilines is 1. The topological polar surface area (TPSA) is 49.5 Å². The molecule has 17 heavy (non-hydrogen) atoms. The molecule has 0 fully saturated rings. The number of hydrogen-bond acceptors (Lipinski definition) is 3. The maximum atomic E-state index is 8.90. The van der Waals surface area contributed by atoms with Crippen molar-refractivity contribution in [3.8, 4) is 0 Å². The summed E-state index contributed by atoms with van der Waals surface area (Å²) in [6, 6.07) is 5.89. The van der Waals surface area contributed by atoms with Gasteiger partial charge in [0.25, 0.3) is 0 Å². The van der Waals surface area contributed by atoms with Crippen LogP contribution in [0.2, 0.25) is 0 Å². The van der Waals surface area contributed by atoms with E-state index < -0.39 is 0 Å². The molecule has 0 saturated heterocycles. The first kappa shape index (κ1) is 14.4. The largest absolute Gasteiger partial charge is 0.396 e. The second-order valence-corrected chi connectivity index (χ2v) is 4.95. The summed E-state index contributed by atoms with van der Waals surface area (Å²) >= 11 is 8.56. The lowest BCUT2D eigenvalue weighted by Gasteiger charge is -2.25. The van der Waals surface area contributed by atoms with Crippen LogP contribution < -0.4 is 10.6 Å². The van der Waals surface area contributed by atoms with Crippen molar-refractivity contribution in [3.05, 3.63) is 28.2 Å². The highest BCUT2D eigenvalue weighted by Crippen LogP contribution is 2.27. The summed E-state index contributed by atoms with van der Waals surface area (Å²) in [6.45, 7) is 3.90. The van der Waals surface area contributed by atoms with Gasteiger partial charge in [0.05, 0.1) is 0 Å². The van der Waals surface area contributed by atoms with E-state index in [0.29, 0.717) is 4.99 Å². The third-order valence-corrected chi connectivity index (χ3v) is 3.41. The fraction of sp³-hybridized carbons (Fsp3) is 0.417. The van der Waals surface area contributed by atoms with Gasteiger partial charge in [0.2, 0.25) is 0 Å². The number of nitrogens with zero attached hydrogens (tertiary/aromatic N) is 1. The van der Waals surface area contributed by atoms with E-state index in [1.807, 2.05) is 18.2 Å². The van der Waals surface area contributed by atoms with Gasteiger partial charge in [0.1, 0.15) is 4.99 Å². The zero-order valence-corrected chi connectivity index (χ0v) is 12.2. The number of hydrogen-bond donors (Lipinski definition) is 2. The number of rotatable bonds is 6. The molecule has 0 spiro atoms. The molecule has 94 valence electrons. The molecule has 5 heteroatoms. The predicted molar refractivity (Wildman–Crippen MR) is 79.6 cm³/mol. The van der Waals surface area contributed by atoms with E-state index in [-0.39, 0.29) is 6.61 Å². The number of benzene rings is 1. The quantitative estimate of drug-likeness (QED) is 0.791. The zero-order valence-electron chi connectivity index (χ0n) is 9.82. The van der Waals surface area contributed by atoms with Crippen LogP contribution >= 0.6 is 28.1 Å². The highest BCUT2D eigenvalue weighted by Gasteiger charge is 2.14. The minimum atomic E-state index is 0.187. The number of aliphatic hydroxyl groups excluding tert-OH is 1. The Morgan fingerprint density at radius 2 is 2.24 bits per heavy atom. The van der Waals surface area contributed by atoms with E-state index in [0.717, 1.165) is 35.2 Å². The molecule has 0 aromatic heterocycles. The molecule has 0 unspecified atom stereocenters. The van der Waals surface area contributed by atoms with Gasteiger partial charge in [0.15, 0.2) is 0 Å². The molecule has 1 aromatic rings. The molecule has 0 atom stereocenters. The van der Waals surface area contributed by atoms with Crippen molar-refractivity contribution in [2.75, 3.05) is 24.6 Å². The van der Waals surface area contributed by atoms with E-state index in [9.17, 15) is 0 Å². The van der Waals surface area contributed by atoms with Crippen LogP contribution in [0.1, 0.15) is 18.9 Å². The summed E-state index contributed by atoms with van der Waals surface area (Å²) in [4.78, 5) is 2.55. The molecular weight excluding hydrogens is 300 g/mol. The summed E-state index contributed by atoms with van der Waals surface area (Å²) in [7, 11) is 0. The maximum absolute atomic E-state index is 8.90. The van der Waals surface area contributed by atoms with Crippen LogP contribution in [0.15, 0.2) is 22.7 Å². The molecule has 0 aliphatic carbocycles. The average molecular weight is 317 g/mol. The van der Waals surface area contributed by atoms with Gasteiger partial charge in [-0.1, -0.05) is 18.3 Å². The van der Waals surface area contributed by atoms with Gasteiger partial charge in [-0.15, -0.1) is 0 Å². The summed E-state index contributed by atoms with van der Waals surface area (Å²) in [5.41, 5.74) is 7.64. The Labute approximate surface area is 116 Å². The first-order valence-electron chi connectivity index (χ1n) is 5.56. The van der Waals surface area contributed by atoms with E-state index in [1.165, 1.54) is 0 Å². The number of nitrogens with two attached hydrogens (primary N) is 1. The fourth-order valence-corrected chi connectivity index (χ4v) is 2.65. The highest BCUT2D eigenvalue weighted by molar-refractivity contribution is 9.10. The second kappa shape index (κ2) is 6.93. The van der Waals surface area contributed by atoms with Gasteiger partial charge in [-0.05, 0) is 41.4 Å². The van der Waals surface area contributed by atoms with Crippen molar-refractivity contribution >= 4 is 38.8 Å². The third kappa shape index (κ3) is 3.66. The van der Waals surface area contributed by atoms with Crippen molar-refractivity contribution in [2.45, 2.75) is 13.3 Å². The molecule has 0 aliphatic heterocycles. The molecule has 3 N–H and O–H groups in total. The first-order chi connectivity index (χ1) is 8.11. The molecular formula is C12H17BrN2OS. The van der Waals surface area contributed by atoms with Crippen molar-refractivity contribution in [2.24, 2.45) is 5.73 Å². The Kier molecular flexibility index (Phi) is 5.88. The highest BCUT2D eigenvalue weighted by atomic mass is 79.9. The second-order valence-electron chi connectivity index (χ2n) is 3.66. The van der Waals surface area contributed by atoms with Gasteiger partial charge in [0, 0.05) is 35.4 Å². The van der Waals surface area contributed by atoms with Crippen molar-refractivity contribution < 1.29 is 5.11 Å². The van der Waals surface area contributed by atoms with E-state index in [4.69, 9.17) is 23.1 Å². The Bertz CT molecular complexity index is 398. The van der Waals surface area contributed by atoms with Gasteiger partial charge in [-0.25, -0.2) is 0 Å². The van der Waals surface area contributed by atoms with Gasteiger partial charge in [-0.2, -0.15) is 0 Å². The van der Waals surface area contributed by atoms with Crippen molar-refractivity contribution in [3.63, 3.8) is 0 Å². The normalized spacial score (nSPS) is 10.3. The van der Waals surface area contributed by atoms with E-state index in [1.54, 1.807) is 0 Å². The minimum Gasteiger partial charge on any atom is -0.396 e. The van der Waals surface area contributed by atoms with Crippen molar-refractivity contribution in [1.82, 2.24) is 0 Å². The van der Waals surface area contributed by atoms with Crippen molar-refractivity contribution in [1.29, 1.82) is 0 Å². The van der Waals surface area contributed by atoms with Crippen LogP contribution in [0.25, 0.3) is 0 Å². The Balaban J connectivity index is 3.09. The molecule has 0 aliphatic rings. The summed E-state index contributed by atoms with van der Waals surface area (Å²) in [5.74, 6) is 0. The number of aliphatic hydroxyl groups is 1. The number of thiocarbonyl (C=S) groups is 1. The van der Waals surface area contributed by atoms with Gasteiger partial charge in [-0.3, -0.25) is 0 Å². The lowest BCUT2D eigenvalue weighted by molar-refractivity contribution is 0.289. The Morgan fingerprint density at radius 1 is 1.53 bits per heavy atom. The Morgan fingerprint density at radius 3 is 2.76 bits per heavy atom. The molecule has 3 nitrogen and oxygen atoms in total. The summed E-state index contributed by atoms with van der Waals surface area (Å²) in [6.07, 6.45) is 0.733. The average Bonchev–Trinajstić information content (AvgIpc) is 2.29. The lowest BCUT2D eigenvalue weighted by Crippen LogP contribution is -2.27. The summed E-state index contributed by atoms with van der Waals surface area (Å²) < 4.78 is 0.907. The molecule has 1 rings (SSSR count). The zero-order chi connectivity index (χ0) is 12.8. The molecule has 0 amide bonds. The molecule has 0 radical (unpaired) electrons. The van der Waals surface area contributed by atoms with Gasteiger partial charge < -0.3 is 15.7 Å². The van der Waals surface area contributed by atoms with E-state index >= 15 is 0 Å². The number of halogens is 1. The standard InChI is InChI=1S/C12H17BrN2OS/c1-2-15(7-4-8-16)10-6-3-5-9(13)11(10)12(14)17/h3,5-6,16H,2,4,7-8H2,1H3,(H2,14,17). The van der Waals surface area contributed by atoms with Crippen LogP contribution in [-0.2, 0) is 0 Å². The minimum absolute atomic E-state index is 0.187. The molecule has 1 aromatic carbocycles. The molecule has 0 saturated carbocycles. The molecule has 0 bridgehead atoms. The van der Waals surface area contributed by atoms with E-state index in [2.05, 4.69) is 27.8 Å². The van der Waals surface area contributed by atoms with Crippen LogP contribution in [0.4, 0.5) is 5.69 Å². The van der Waals surface area contributed by atoms with Crippen LogP contribution in [0, 0.1) is 0 Å². The lowest BCUT2D eigenvalue weighted by atomic mass is 10.1. The van der Waals surface area contributed by atoms with Crippen LogP contribution in [0.5, 0.6) is 0 Å². The first-order valence-corrected chi connectivity index (χ1v) is 6.76. The monoisotopic (exact) mass is 316 g/mol. The van der Waals surface area contributed by atoms with Gasteiger partial charge >= 0.3 is 0 Å². The Hall–Kier alpha value is -0.650. The maximum Gasteiger partial charge on any atom is 0.107 e. The fourth-order valence-electron chi connectivity index (χ4n) is 1.73. The molecule has 0 heterocycles. The SMILES string of the molecule is CCN(CCCO)c1cccc(Br)c1C(N)=S. The predicted octanol–water partition coefficient (Wildman–Crippen LogP) is 2.29.